The van der Waals surface area contributed by atoms with E-state index < -0.39 is 15.1 Å². The number of rotatable bonds is 1. The molecule has 0 fully saturated rings. The molecule has 0 spiro atoms. The van der Waals surface area contributed by atoms with Crippen molar-refractivity contribution >= 4 is 9.84 Å². The molecule has 0 aromatic carbocycles. The lowest BCUT2D eigenvalue weighted by Crippen LogP contribution is -2.29. The van der Waals surface area contributed by atoms with Crippen molar-refractivity contribution < 1.29 is 8.42 Å². The molecule has 1 aliphatic heterocycles. The fourth-order valence-electron chi connectivity index (χ4n) is 0.776. The topological polar surface area (TPSA) is 46.2 Å². The van der Waals surface area contributed by atoms with E-state index in [1.165, 1.54) is 6.26 Å². The molecule has 0 aliphatic carbocycles. The first-order valence-electron chi connectivity index (χ1n) is 3.03. The van der Waals surface area contributed by atoms with Crippen molar-refractivity contribution in [2.45, 2.75) is 5.25 Å². The van der Waals surface area contributed by atoms with Crippen molar-refractivity contribution in [1.82, 2.24) is 5.32 Å². The number of nitrogens with one attached hydrogen (secondary N) is 1. The lowest BCUT2D eigenvalue weighted by atomic mass is 10.3. The van der Waals surface area contributed by atoms with Crippen LogP contribution in [0.5, 0.6) is 0 Å². The maximum atomic E-state index is 10.9. The molecule has 1 N–H and O–H groups in total. The zero-order valence-corrected chi connectivity index (χ0v) is 6.56. The van der Waals surface area contributed by atoms with Crippen molar-refractivity contribution in [1.29, 1.82) is 0 Å². The Labute approximate surface area is 61.0 Å². The van der Waals surface area contributed by atoms with E-state index in [-0.39, 0.29) is 0 Å². The summed E-state index contributed by atoms with van der Waals surface area (Å²) in [7, 11) is -2.93. The van der Waals surface area contributed by atoms with Gasteiger partial charge in [0.25, 0.3) is 0 Å². The van der Waals surface area contributed by atoms with Crippen LogP contribution in [0.4, 0.5) is 0 Å². The van der Waals surface area contributed by atoms with Crippen LogP contribution in [0, 0.1) is 6.54 Å². The van der Waals surface area contributed by atoms with Gasteiger partial charge in [0, 0.05) is 19.3 Å². The van der Waals surface area contributed by atoms with Gasteiger partial charge in [0.15, 0.2) is 9.84 Å². The van der Waals surface area contributed by atoms with Crippen LogP contribution in [0.1, 0.15) is 0 Å². The lowest BCUT2D eigenvalue weighted by Gasteiger charge is -2.14. The Morgan fingerprint density at radius 2 is 2.30 bits per heavy atom. The largest absolute Gasteiger partial charge is 0.307 e. The zero-order valence-electron chi connectivity index (χ0n) is 5.74. The second-order valence-electron chi connectivity index (χ2n) is 2.30. The molecule has 57 valence electrons. The molecule has 1 heterocycles. The highest BCUT2D eigenvalue weighted by atomic mass is 32.2. The molecule has 1 aliphatic rings. The van der Waals surface area contributed by atoms with E-state index in [0.29, 0.717) is 0 Å². The Bertz CT molecular complexity index is 230. The normalized spacial score (nSPS) is 26.7. The molecule has 0 bridgehead atoms. The van der Waals surface area contributed by atoms with Crippen LogP contribution in [0.3, 0.4) is 0 Å². The van der Waals surface area contributed by atoms with Crippen molar-refractivity contribution in [2.75, 3.05) is 12.8 Å². The summed E-state index contributed by atoms with van der Waals surface area (Å²) < 4.78 is 21.7. The zero-order chi connectivity index (χ0) is 7.61. The number of hydrogen-bond donors (Lipinski definition) is 1. The summed E-state index contributed by atoms with van der Waals surface area (Å²) in [5.41, 5.74) is 0. The highest BCUT2D eigenvalue weighted by Crippen LogP contribution is 2.05. The van der Waals surface area contributed by atoms with Crippen LogP contribution in [-0.2, 0) is 9.84 Å². The van der Waals surface area contributed by atoms with E-state index in [1.54, 1.807) is 12.6 Å². The van der Waals surface area contributed by atoms with Crippen LogP contribution in [0.25, 0.3) is 0 Å². The van der Waals surface area contributed by atoms with E-state index in [1.807, 2.05) is 6.08 Å². The van der Waals surface area contributed by atoms with Crippen LogP contribution >= 0.6 is 0 Å². The van der Waals surface area contributed by atoms with Gasteiger partial charge >= 0.3 is 0 Å². The third-order valence-electron chi connectivity index (χ3n) is 1.34. The highest BCUT2D eigenvalue weighted by Gasteiger charge is 2.18. The smallest absolute Gasteiger partial charge is 0.155 e. The average Bonchev–Trinajstić information content (AvgIpc) is 1.88. The van der Waals surface area contributed by atoms with Crippen molar-refractivity contribution in [3.63, 3.8) is 0 Å². The second kappa shape index (κ2) is 2.72. The molecule has 1 rings (SSSR count). The Morgan fingerprint density at radius 1 is 1.60 bits per heavy atom. The molecular formula is C6H10NO2S. The van der Waals surface area contributed by atoms with Crippen LogP contribution in [0.15, 0.2) is 12.2 Å². The Hall–Kier alpha value is -0.350. The average molecular weight is 160 g/mol. The molecule has 0 aromatic rings. The summed E-state index contributed by atoms with van der Waals surface area (Å²) in [5.74, 6) is 0. The van der Waals surface area contributed by atoms with Crippen LogP contribution in [0.2, 0.25) is 0 Å². The molecule has 0 saturated carbocycles. The number of sulfone groups is 1. The lowest BCUT2D eigenvalue weighted by molar-refractivity contribution is 0.594. The van der Waals surface area contributed by atoms with Gasteiger partial charge in [-0.1, -0.05) is 12.2 Å². The predicted octanol–water partition coefficient (Wildman–Crippen LogP) is -0.279. The first kappa shape index (κ1) is 7.75. The van der Waals surface area contributed by atoms with E-state index >= 15 is 0 Å². The molecular weight excluding hydrogens is 150 g/mol. The minimum atomic E-state index is -2.93. The highest BCUT2D eigenvalue weighted by molar-refractivity contribution is 7.91. The summed E-state index contributed by atoms with van der Waals surface area (Å²) in [5, 5.41) is 2.41. The molecule has 0 aromatic heterocycles. The Balaban J connectivity index is 2.74. The summed E-state index contributed by atoms with van der Waals surface area (Å²) in [6.45, 7) is 2.32. The minimum absolute atomic E-state index is 0.443. The van der Waals surface area contributed by atoms with Gasteiger partial charge in [-0.3, -0.25) is 0 Å². The molecule has 3 nitrogen and oxygen atoms in total. The summed E-state index contributed by atoms with van der Waals surface area (Å²) in [6.07, 6.45) is 4.73. The standard InChI is InChI=1S/C6H10NO2S/c1-10(8,9)6-3-2-4-7-5-6/h2-3,5-7H,4H2,1H3. The molecule has 1 radical (unpaired) electrons. The van der Waals surface area contributed by atoms with Crippen LogP contribution < -0.4 is 5.32 Å². The summed E-state index contributed by atoms with van der Waals surface area (Å²) in [6, 6.07) is 0. The van der Waals surface area contributed by atoms with E-state index in [4.69, 9.17) is 0 Å². The number of hydrogen-bond acceptors (Lipinski definition) is 3. The van der Waals surface area contributed by atoms with E-state index in [9.17, 15) is 8.42 Å². The van der Waals surface area contributed by atoms with Crippen molar-refractivity contribution in [3.8, 4) is 0 Å². The summed E-state index contributed by atoms with van der Waals surface area (Å²) >= 11 is 0. The predicted molar refractivity (Wildman–Crippen MR) is 40.1 cm³/mol. The van der Waals surface area contributed by atoms with Gasteiger partial charge in [-0.15, -0.1) is 0 Å². The fourth-order valence-corrected chi connectivity index (χ4v) is 1.52. The van der Waals surface area contributed by atoms with Gasteiger partial charge in [-0.05, 0) is 0 Å². The molecule has 0 saturated heterocycles. The first-order valence-corrected chi connectivity index (χ1v) is 4.98. The first-order chi connectivity index (χ1) is 4.61. The van der Waals surface area contributed by atoms with Crippen LogP contribution in [-0.4, -0.2) is 26.5 Å². The van der Waals surface area contributed by atoms with E-state index in [2.05, 4.69) is 5.32 Å². The molecule has 4 heteroatoms. The van der Waals surface area contributed by atoms with Gasteiger partial charge in [0.2, 0.25) is 0 Å². The van der Waals surface area contributed by atoms with Crippen molar-refractivity contribution in [3.05, 3.63) is 18.7 Å². The molecule has 1 unspecified atom stereocenters. The van der Waals surface area contributed by atoms with Gasteiger partial charge in [0.05, 0.1) is 5.25 Å². The molecule has 10 heavy (non-hydrogen) atoms. The van der Waals surface area contributed by atoms with Gasteiger partial charge < -0.3 is 5.32 Å². The Kier molecular flexibility index (Phi) is 2.11. The fraction of sp³-hybridized carbons (Fsp3) is 0.500. The monoisotopic (exact) mass is 160 g/mol. The van der Waals surface area contributed by atoms with Gasteiger partial charge in [-0.2, -0.15) is 0 Å². The van der Waals surface area contributed by atoms with Gasteiger partial charge in [-0.25, -0.2) is 8.42 Å². The summed E-state index contributed by atoms with van der Waals surface area (Å²) in [4.78, 5) is 0. The third-order valence-corrected chi connectivity index (χ3v) is 2.62. The van der Waals surface area contributed by atoms with Crippen molar-refractivity contribution in [2.24, 2.45) is 0 Å². The third kappa shape index (κ3) is 1.82. The minimum Gasteiger partial charge on any atom is -0.307 e. The van der Waals surface area contributed by atoms with Gasteiger partial charge in [0.1, 0.15) is 0 Å². The molecule has 1 atom stereocenters. The molecule has 0 amide bonds. The Morgan fingerprint density at radius 3 is 2.60 bits per heavy atom. The van der Waals surface area contributed by atoms with E-state index in [0.717, 1.165) is 6.54 Å². The quantitative estimate of drug-likeness (QED) is 0.537. The SMILES string of the molecule is CS(=O)(=O)C1[CH]NCC=C1. The maximum absolute atomic E-state index is 10.9. The maximum Gasteiger partial charge on any atom is 0.155 e. The second-order valence-corrected chi connectivity index (χ2v) is 4.50.